The largest absolute Gasteiger partial charge is 0.381 e. The van der Waals surface area contributed by atoms with Crippen LogP contribution in [0.15, 0.2) is 43.0 Å². The summed E-state index contributed by atoms with van der Waals surface area (Å²) in [6.45, 7) is 3.24. The van der Waals surface area contributed by atoms with Gasteiger partial charge in [0.2, 0.25) is 5.91 Å². The third kappa shape index (κ3) is 3.59. The molecular weight excluding hydrogens is 292 g/mol. The Hall–Kier alpha value is -2.21. The molecule has 6 nitrogen and oxygen atoms in total. The van der Waals surface area contributed by atoms with Crippen LogP contribution in [0, 0.1) is 0 Å². The highest BCUT2D eigenvalue weighted by molar-refractivity contribution is 5.77. The third-order valence-electron chi connectivity index (χ3n) is 4.34. The van der Waals surface area contributed by atoms with E-state index in [4.69, 9.17) is 4.74 Å². The molecule has 6 heteroatoms. The van der Waals surface area contributed by atoms with E-state index in [1.807, 2.05) is 36.0 Å². The fraction of sp³-hybridized carbons (Fsp3) is 0.471. The molecule has 122 valence electrons. The molecule has 1 unspecified atom stereocenters. The number of nitrogens with zero attached hydrogens (tertiary/aromatic N) is 3. The van der Waals surface area contributed by atoms with Gasteiger partial charge in [0.15, 0.2) is 5.82 Å². The first kappa shape index (κ1) is 15.7. The molecule has 2 aromatic rings. The lowest BCUT2D eigenvalue weighted by Crippen LogP contribution is -2.50. The van der Waals surface area contributed by atoms with Crippen LogP contribution < -0.4 is 5.32 Å². The van der Waals surface area contributed by atoms with Crippen molar-refractivity contribution in [3.8, 4) is 0 Å². The number of hydrogen-bond donors (Lipinski definition) is 1. The summed E-state index contributed by atoms with van der Waals surface area (Å²) in [5, 5.41) is 3.18. The summed E-state index contributed by atoms with van der Waals surface area (Å²) in [5.41, 5.74) is -0.521. The number of ether oxygens (including phenoxy) is 1. The summed E-state index contributed by atoms with van der Waals surface area (Å²) < 4.78 is 7.49. The molecule has 1 atom stereocenters. The number of aromatic nitrogens is 3. The van der Waals surface area contributed by atoms with Gasteiger partial charge in [0, 0.05) is 63.3 Å². The van der Waals surface area contributed by atoms with Crippen LogP contribution in [0.25, 0.3) is 0 Å². The summed E-state index contributed by atoms with van der Waals surface area (Å²) in [5.74, 6) is 0.686. The van der Waals surface area contributed by atoms with Crippen LogP contribution in [0.3, 0.4) is 0 Å². The van der Waals surface area contributed by atoms with Gasteiger partial charge in [-0.1, -0.05) is 0 Å². The molecule has 1 N–H and O–H groups in total. The molecule has 3 heterocycles. The van der Waals surface area contributed by atoms with Crippen LogP contribution in [-0.2, 0) is 15.1 Å². The highest BCUT2D eigenvalue weighted by Crippen LogP contribution is 2.30. The molecule has 0 saturated carbocycles. The van der Waals surface area contributed by atoms with Gasteiger partial charge in [-0.2, -0.15) is 0 Å². The van der Waals surface area contributed by atoms with Crippen molar-refractivity contribution in [2.24, 2.45) is 0 Å². The maximum atomic E-state index is 12.6. The van der Waals surface area contributed by atoms with E-state index in [0.717, 1.165) is 0 Å². The normalized spacial score (nSPS) is 18.3. The molecule has 1 fully saturated rings. The van der Waals surface area contributed by atoms with Crippen molar-refractivity contribution in [1.29, 1.82) is 0 Å². The molecule has 0 aromatic carbocycles. The molecule has 2 aromatic heterocycles. The van der Waals surface area contributed by atoms with Gasteiger partial charge in [-0.3, -0.25) is 4.79 Å². The van der Waals surface area contributed by atoms with E-state index in [9.17, 15) is 4.79 Å². The Morgan fingerprint density at radius 2 is 1.91 bits per heavy atom. The third-order valence-corrected chi connectivity index (χ3v) is 4.34. The van der Waals surface area contributed by atoms with Gasteiger partial charge in [-0.25, -0.2) is 9.97 Å². The molecule has 3 rings (SSSR count). The van der Waals surface area contributed by atoms with Crippen LogP contribution in [0.4, 0.5) is 0 Å². The van der Waals surface area contributed by atoms with E-state index < -0.39 is 5.54 Å². The average molecular weight is 314 g/mol. The van der Waals surface area contributed by atoms with Crippen molar-refractivity contribution >= 4 is 5.91 Å². The van der Waals surface area contributed by atoms with Crippen LogP contribution in [-0.4, -0.2) is 33.7 Å². The van der Waals surface area contributed by atoms with Crippen molar-refractivity contribution in [2.45, 2.75) is 37.8 Å². The Bertz CT molecular complexity index is 621. The smallest absolute Gasteiger partial charge is 0.222 e. The van der Waals surface area contributed by atoms with Crippen molar-refractivity contribution < 1.29 is 9.53 Å². The van der Waals surface area contributed by atoms with Gasteiger partial charge in [0.25, 0.3) is 0 Å². The number of rotatable bonds is 5. The lowest BCUT2D eigenvalue weighted by Gasteiger charge is -2.36. The molecule has 0 aliphatic carbocycles. The summed E-state index contributed by atoms with van der Waals surface area (Å²) in [6.07, 6.45) is 9.19. The molecule has 1 aliphatic rings. The van der Waals surface area contributed by atoms with E-state index in [1.165, 1.54) is 0 Å². The zero-order valence-corrected chi connectivity index (χ0v) is 13.3. The topological polar surface area (TPSA) is 69.0 Å². The van der Waals surface area contributed by atoms with Gasteiger partial charge < -0.3 is 14.6 Å². The number of amides is 1. The van der Waals surface area contributed by atoms with Crippen molar-refractivity contribution in [1.82, 2.24) is 19.9 Å². The van der Waals surface area contributed by atoms with Crippen LogP contribution in [0.5, 0.6) is 0 Å². The fourth-order valence-electron chi connectivity index (χ4n) is 3.00. The van der Waals surface area contributed by atoms with E-state index in [0.29, 0.717) is 38.3 Å². The first-order valence-electron chi connectivity index (χ1n) is 7.98. The van der Waals surface area contributed by atoms with E-state index in [1.54, 1.807) is 18.5 Å². The van der Waals surface area contributed by atoms with Gasteiger partial charge in [0.1, 0.15) is 5.54 Å². The molecule has 1 saturated heterocycles. The lowest BCUT2D eigenvalue weighted by atomic mass is 9.88. The van der Waals surface area contributed by atoms with Gasteiger partial charge >= 0.3 is 0 Å². The number of hydrogen-bond acceptors (Lipinski definition) is 4. The van der Waals surface area contributed by atoms with Crippen molar-refractivity contribution in [3.05, 3.63) is 48.8 Å². The molecule has 0 bridgehead atoms. The first-order chi connectivity index (χ1) is 11.2. The quantitative estimate of drug-likeness (QED) is 0.917. The monoisotopic (exact) mass is 314 g/mol. The number of nitrogens with one attached hydrogen (secondary N) is 1. The van der Waals surface area contributed by atoms with Gasteiger partial charge in [0.05, 0.1) is 0 Å². The average Bonchev–Trinajstić information content (AvgIpc) is 3.11. The highest BCUT2D eigenvalue weighted by Gasteiger charge is 2.38. The fourth-order valence-corrected chi connectivity index (χ4v) is 3.00. The Labute approximate surface area is 135 Å². The van der Waals surface area contributed by atoms with Crippen LogP contribution in [0.2, 0.25) is 0 Å². The molecular formula is C17H22N4O2. The van der Waals surface area contributed by atoms with E-state index in [2.05, 4.69) is 15.3 Å². The van der Waals surface area contributed by atoms with Crippen LogP contribution >= 0.6 is 0 Å². The summed E-state index contributed by atoms with van der Waals surface area (Å²) in [4.78, 5) is 21.3. The second-order valence-corrected chi connectivity index (χ2v) is 6.00. The molecule has 0 spiro atoms. The summed E-state index contributed by atoms with van der Waals surface area (Å²) >= 11 is 0. The Morgan fingerprint density at radius 3 is 2.57 bits per heavy atom. The van der Waals surface area contributed by atoms with E-state index in [-0.39, 0.29) is 11.9 Å². The predicted octanol–water partition coefficient (Wildman–Crippen LogP) is 2.05. The maximum absolute atomic E-state index is 12.6. The highest BCUT2D eigenvalue weighted by atomic mass is 16.5. The second kappa shape index (κ2) is 6.91. The number of carbonyl (C=O) groups is 1. The van der Waals surface area contributed by atoms with Gasteiger partial charge in [-0.15, -0.1) is 0 Å². The lowest BCUT2D eigenvalue weighted by molar-refractivity contribution is -0.125. The maximum Gasteiger partial charge on any atom is 0.222 e. The molecule has 0 radical (unpaired) electrons. The molecule has 23 heavy (non-hydrogen) atoms. The first-order valence-corrected chi connectivity index (χ1v) is 7.98. The van der Waals surface area contributed by atoms with Gasteiger partial charge in [-0.05, 0) is 25.1 Å². The Kier molecular flexibility index (Phi) is 4.71. The zero-order valence-electron chi connectivity index (χ0n) is 13.3. The van der Waals surface area contributed by atoms with Crippen molar-refractivity contribution in [3.63, 3.8) is 0 Å². The Balaban J connectivity index is 1.72. The minimum Gasteiger partial charge on any atom is -0.381 e. The predicted molar refractivity (Wildman–Crippen MR) is 85.7 cm³/mol. The standard InChI is InChI=1S/C17H22N4O2/c1-14(21-9-2-3-10-21)13-15(22)20-17(5-11-23-12-6-17)16-18-7-4-8-19-16/h2-4,7-10,14H,5-6,11-13H2,1H3,(H,20,22). The number of carbonyl (C=O) groups excluding carboxylic acids is 1. The SMILES string of the molecule is CC(CC(=O)NC1(c2ncccn2)CCOCC1)n1cccc1. The molecule has 1 aliphatic heterocycles. The van der Waals surface area contributed by atoms with Crippen LogP contribution in [0.1, 0.15) is 38.1 Å². The summed E-state index contributed by atoms with van der Waals surface area (Å²) in [6, 6.07) is 5.82. The molecule has 1 amide bonds. The minimum atomic E-state index is -0.521. The second-order valence-electron chi connectivity index (χ2n) is 6.00. The summed E-state index contributed by atoms with van der Waals surface area (Å²) in [7, 11) is 0. The van der Waals surface area contributed by atoms with Crippen molar-refractivity contribution in [2.75, 3.05) is 13.2 Å². The Morgan fingerprint density at radius 1 is 1.26 bits per heavy atom. The van der Waals surface area contributed by atoms with E-state index >= 15 is 0 Å². The minimum absolute atomic E-state index is 0.0144. The zero-order chi connectivity index (χ0) is 16.1.